The number of nitrogens with zero attached hydrogens (tertiary/aromatic N) is 2. The highest BCUT2D eigenvalue weighted by molar-refractivity contribution is 7.98. The summed E-state index contributed by atoms with van der Waals surface area (Å²) in [5.74, 6) is 0.821. The van der Waals surface area contributed by atoms with Gasteiger partial charge in [0.05, 0.1) is 17.9 Å². The summed E-state index contributed by atoms with van der Waals surface area (Å²) in [6.07, 6.45) is -2.81. The fourth-order valence-corrected chi connectivity index (χ4v) is 3.19. The molecule has 0 aliphatic heterocycles. The average Bonchev–Trinajstić information content (AvgIpc) is 2.90. The van der Waals surface area contributed by atoms with Crippen molar-refractivity contribution in [3.8, 4) is 0 Å². The number of aryl methyl sites for hydroxylation is 2. The van der Waals surface area contributed by atoms with Crippen LogP contribution in [0.4, 0.5) is 13.2 Å². The Morgan fingerprint density at radius 2 is 2.15 bits per heavy atom. The molecule has 6 nitrogen and oxygen atoms in total. The number of nitrogens with one attached hydrogen (secondary N) is 1. The van der Waals surface area contributed by atoms with Crippen molar-refractivity contribution in [2.75, 3.05) is 19.8 Å². The SMILES string of the molecule is Cc1noc(C)c1CSc1ncccc1C(=O)NCCOCC(F)(F)F. The molecule has 0 saturated carbocycles. The summed E-state index contributed by atoms with van der Waals surface area (Å²) in [6.45, 7) is 2.04. The van der Waals surface area contributed by atoms with Crippen LogP contribution in [0, 0.1) is 13.8 Å². The minimum absolute atomic E-state index is 0.0300. The first-order chi connectivity index (χ1) is 12.3. The minimum atomic E-state index is -4.38. The van der Waals surface area contributed by atoms with Crippen LogP contribution in [0.5, 0.6) is 0 Å². The quantitative estimate of drug-likeness (QED) is 0.552. The summed E-state index contributed by atoms with van der Waals surface area (Å²) in [6, 6.07) is 3.23. The zero-order chi connectivity index (χ0) is 19.2. The fraction of sp³-hybridized carbons (Fsp3) is 0.438. The van der Waals surface area contributed by atoms with Gasteiger partial charge in [-0.1, -0.05) is 5.16 Å². The van der Waals surface area contributed by atoms with E-state index in [0.29, 0.717) is 22.1 Å². The van der Waals surface area contributed by atoms with Gasteiger partial charge >= 0.3 is 6.18 Å². The van der Waals surface area contributed by atoms with Crippen molar-refractivity contribution >= 4 is 17.7 Å². The molecule has 1 amide bonds. The molecule has 2 rings (SSSR count). The molecule has 2 heterocycles. The number of carbonyl (C=O) groups excluding carboxylic acids is 1. The Bertz CT molecular complexity index is 730. The van der Waals surface area contributed by atoms with Crippen LogP contribution < -0.4 is 5.32 Å². The largest absolute Gasteiger partial charge is 0.411 e. The van der Waals surface area contributed by atoms with Crippen molar-refractivity contribution in [1.82, 2.24) is 15.5 Å². The van der Waals surface area contributed by atoms with Gasteiger partial charge in [0.15, 0.2) is 0 Å². The monoisotopic (exact) mass is 389 g/mol. The van der Waals surface area contributed by atoms with Gasteiger partial charge in [0.25, 0.3) is 5.91 Å². The average molecular weight is 389 g/mol. The first-order valence-corrected chi connectivity index (χ1v) is 8.68. The van der Waals surface area contributed by atoms with E-state index in [2.05, 4.69) is 20.2 Å². The topological polar surface area (TPSA) is 77.2 Å². The summed E-state index contributed by atoms with van der Waals surface area (Å²) in [5.41, 5.74) is 2.06. The van der Waals surface area contributed by atoms with E-state index >= 15 is 0 Å². The van der Waals surface area contributed by atoms with Gasteiger partial charge in [0, 0.05) is 24.1 Å². The Labute approximate surface area is 152 Å². The van der Waals surface area contributed by atoms with E-state index in [1.807, 2.05) is 13.8 Å². The van der Waals surface area contributed by atoms with E-state index in [1.54, 1.807) is 18.3 Å². The van der Waals surface area contributed by atoms with Crippen LogP contribution in [0.25, 0.3) is 0 Å². The van der Waals surface area contributed by atoms with Crippen LogP contribution in [-0.4, -0.2) is 42.0 Å². The number of ether oxygens (including phenoxy) is 1. The van der Waals surface area contributed by atoms with Crippen molar-refractivity contribution in [3.63, 3.8) is 0 Å². The Hall–Kier alpha value is -2.07. The maximum atomic E-state index is 12.2. The van der Waals surface area contributed by atoms with E-state index in [0.717, 1.165) is 11.3 Å². The van der Waals surface area contributed by atoms with Gasteiger partial charge in [-0.2, -0.15) is 13.2 Å². The third-order valence-corrected chi connectivity index (χ3v) is 4.38. The van der Waals surface area contributed by atoms with Gasteiger partial charge in [-0.3, -0.25) is 4.79 Å². The Morgan fingerprint density at radius 1 is 1.38 bits per heavy atom. The highest BCUT2D eigenvalue weighted by atomic mass is 32.2. The van der Waals surface area contributed by atoms with Crippen molar-refractivity contribution in [2.24, 2.45) is 0 Å². The molecule has 2 aromatic heterocycles. The molecule has 0 aliphatic rings. The maximum Gasteiger partial charge on any atom is 0.411 e. The van der Waals surface area contributed by atoms with Gasteiger partial charge in [0.2, 0.25) is 0 Å². The van der Waals surface area contributed by atoms with Crippen molar-refractivity contribution in [1.29, 1.82) is 0 Å². The van der Waals surface area contributed by atoms with Crippen LogP contribution >= 0.6 is 11.8 Å². The third kappa shape index (κ3) is 6.03. The number of aromatic nitrogens is 2. The molecule has 0 radical (unpaired) electrons. The first-order valence-electron chi connectivity index (χ1n) is 7.70. The lowest BCUT2D eigenvalue weighted by Gasteiger charge is -2.10. The van der Waals surface area contributed by atoms with Crippen LogP contribution in [0.3, 0.4) is 0 Å². The molecule has 142 valence electrons. The third-order valence-electron chi connectivity index (χ3n) is 3.35. The Balaban J connectivity index is 1.90. The summed E-state index contributed by atoms with van der Waals surface area (Å²) >= 11 is 1.36. The molecule has 0 aliphatic carbocycles. The molecule has 0 spiro atoms. The van der Waals surface area contributed by atoms with Crippen LogP contribution in [-0.2, 0) is 10.5 Å². The normalized spacial score (nSPS) is 11.6. The van der Waals surface area contributed by atoms with Gasteiger partial charge in [-0.25, -0.2) is 4.98 Å². The molecular formula is C16H18F3N3O3S. The number of carbonyl (C=O) groups is 1. The molecular weight excluding hydrogens is 371 g/mol. The lowest BCUT2D eigenvalue weighted by Crippen LogP contribution is -2.29. The van der Waals surface area contributed by atoms with E-state index in [-0.39, 0.29) is 13.2 Å². The van der Waals surface area contributed by atoms with Crippen molar-refractivity contribution in [2.45, 2.75) is 30.8 Å². The van der Waals surface area contributed by atoms with Crippen LogP contribution in [0.2, 0.25) is 0 Å². The molecule has 26 heavy (non-hydrogen) atoms. The number of rotatable bonds is 8. The zero-order valence-corrected chi connectivity index (χ0v) is 15.0. The zero-order valence-electron chi connectivity index (χ0n) is 14.2. The Morgan fingerprint density at radius 3 is 2.81 bits per heavy atom. The lowest BCUT2D eigenvalue weighted by molar-refractivity contribution is -0.173. The standard InChI is InChI=1S/C16H18F3N3O3S/c1-10-13(11(2)25-22-10)8-26-15-12(4-3-5-21-15)14(23)20-6-7-24-9-16(17,18)19/h3-5H,6-9H2,1-2H3,(H,20,23). The number of amides is 1. The maximum absolute atomic E-state index is 12.2. The molecule has 1 N–H and O–H groups in total. The predicted octanol–water partition coefficient (Wildman–Crippen LogP) is 3.29. The van der Waals surface area contributed by atoms with Gasteiger partial charge < -0.3 is 14.6 Å². The molecule has 0 fully saturated rings. The number of hydrogen-bond donors (Lipinski definition) is 1. The summed E-state index contributed by atoms with van der Waals surface area (Å²) in [4.78, 5) is 16.5. The summed E-state index contributed by atoms with van der Waals surface area (Å²) < 4.78 is 45.5. The predicted molar refractivity (Wildman–Crippen MR) is 89.0 cm³/mol. The minimum Gasteiger partial charge on any atom is -0.370 e. The number of alkyl halides is 3. The molecule has 0 aromatic carbocycles. The fourth-order valence-electron chi connectivity index (χ4n) is 2.05. The first kappa shape index (κ1) is 20.2. The lowest BCUT2D eigenvalue weighted by atomic mass is 10.2. The summed E-state index contributed by atoms with van der Waals surface area (Å²) in [7, 11) is 0. The Kier molecular flexibility index (Phi) is 7.04. The highest BCUT2D eigenvalue weighted by Crippen LogP contribution is 2.27. The smallest absolute Gasteiger partial charge is 0.370 e. The number of hydrogen-bond acceptors (Lipinski definition) is 6. The second kappa shape index (κ2) is 9.04. The van der Waals surface area contributed by atoms with Gasteiger partial charge in [-0.15, -0.1) is 11.8 Å². The van der Waals surface area contributed by atoms with E-state index in [9.17, 15) is 18.0 Å². The van der Waals surface area contributed by atoms with E-state index in [1.165, 1.54) is 11.8 Å². The molecule has 2 aromatic rings. The van der Waals surface area contributed by atoms with Crippen molar-refractivity contribution in [3.05, 3.63) is 40.9 Å². The molecule has 0 saturated heterocycles. The molecule has 0 unspecified atom stereocenters. The summed E-state index contributed by atoms with van der Waals surface area (Å²) in [5, 5.41) is 6.92. The second-order valence-electron chi connectivity index (χ2n) is 5.37. The molecule has 10 heteroatoms. The second-order valence-corrected chi connectivity index (χ2v) is 6.34. The molecule has 0 bridgehead atoms. The number of thioether (sulfide) groups is 1. The van der Waals surface area contributed by atoms with Gasteiger partial charge in [0.1, 0.15) is 17.4 Å². The van der Waals surface area contributed by atoms with Gasteiger partial charge in [-0.05, 0) is 26.0 Å². The molecule has 0 atom stereocenters. The van der Waals surface area contributed by atoms with E-state index in [4.69, 9.17) is 4.52 Å². The number of halogens is 3. The van der Waals surface area contributed by atoms with Crippen LogP contribution in [0.1, 0.15) is 27.4 Å². The van der Waals surface area contributed by atoms with Crippen LogP contribution in [0.15, 0.2) is 27.9 Å². The highest BCUT2D eigenvalue weighted by Gasteiger charge is 2.27. The number of pyridine rings is 1. The van der Waals surface area contributed by atoms with E-state index < -0.39 is 18.7 Å². The van der Waals surface area contributed by atoms with Crippen molar-refractivity contribution < 1.29 is 27.2 Å².